The van der Waals surface area contributed by atoms with Gasteiger partial charge in [-0.05, 0) is 29.7 Å². The molecule has 2 rings (SSSR count). The van der Waals surface area contributed by atoms with Crippen molar-refractivity contribution in [3.8, 4) is 11.5 Å². The highest BCUT2D eigenvalue weighted by atomic mass is 35.5. The molecule has 0 heterocycles. The third-order valence-electron chi connectivity index (χ3n) is 3.68. The van der Waals surface area contributed by atoms with Crippen LogP contribution >= 0.6 is 11.6 Å². The molecule has 3 nitrogen and oxygen atoms in total. The second kappa shape index (κ2) is 8.23. The highest BCUT2D eigenvalue weighted by Crippen LogP contribution is 2.34. The molecule has 23 heavy (non-hydrogen) atoms. The lowest BCUT2D eigenvalue weighted by Gasteiger charge is -2.15. The smallest absolute Gasteiger partial charge is 0.163 e. The molecular formula is C19H24ClNO2. The van der Waals surface area contributed by atoms with Gasteiger partial charge in [-0.3, -0.25) is 0 Å². The molecule has 0 amide bonds. The van der Waals surface area contributed by atoms with E-state index in [9.17, 15) is 0 Å². The van der Waals surface area contributed by atoms with E-state index in [-0.39, 0.29) is 0 Å². The summed E-state index contributed by atoms with van der Waals surface area (Å²) in [5.74, 6) is 1.36. The maximum atomic E-state index is 6.38. The van der Waals surface area contributed by atoms with Crippen molar-refractivity contribution < 1.29 is 9.47 Å². The first kappa shape index (κ1) is 17.6. The number of methoxy groups -OCH3 is 1. The number of rotatable bonds is 7. The molecule has 0 aliphatic carbocycles. The Labute approximate surface area is 143 Å². The van der Waals surface area contributed by atoms with Crippen LogP contribution in [0.25, 0.3) is 0 Å². The van der Waals surface area contributed by atoms with Crippen LogP contribution in [0.5, 0.6) is 11.5 Å². The Bertz CT molecular complexity index is 656. The highest BCUT2D eigenvalue weighted by Gasteiger charge is 2.11. The van der Waals surface area contributed by atoms with E-state index < -0.39 is 0 Å². The fraction of sp³-hybridized carbons (Fsp3) is 0.368. The second-order valence-corrected chi connectivity index (χ2v) is 6.25. The molecule has 0 spiro atoms. The van der Waals surface area contributed by atoms with Crippen molar-refractivity contribution in [1.29, 1.82) is 0 Å². The zero-order chi connectivity index (χ0) is 16.8. The van der Waals surface area contributed by atoms with Crippen LogP contribution in [0.15, 0.2) is 36.4 Å². The number of aryl methyl sites for hydroxylation is 1. The van der Waals surface area contributed by atoms with Gasteiger partial charge >= 0.3 is 0 Å². The van der Waals surface area contributed by atoms with Gasteiger partial charge in [0.1, 0.15) is 6.61 Å². The summed E-state index contributed by atoms with van der Waals surface area (Å²) in [6, 6.07) is 12.3. The van der Waals surface area contributed by atoms with E-state index in [0.29, 0.717) is 35.7 Å². The van der Waals surface area contributed by atoms with E-state index in [0.717, 1.165) is 11.1 Å². The SMILES string of the molecule is COc1cc(CNC(C)C)c(Cl)cc1OCc1ccccc1C. The summed E-state index contributed by atoms with van der Waals surface area (Å²) >= 11 is 6.38. The summed E-state index contributed by atoms with van der Waals surface area (Å²) in [5, 5.41) is 4.04. The van der Waals surface area contributed by atoms with Crippen molar-refractivity contribution in [2.45, 2.75) is 40.0 Å². The van der Waals surface area contributed by atoms with Crippen molar-refractivity contribution in [1.82, 2.24) is 5.32 Å². The average Bonchev–Trinajstić information content (AvgIpc) is 2.53. The van der Waals surface area contributed by atoms with Gasteiger partial charge in [0.05, 0.1) is 7.11 Å². The third kappa shape index (κ3) is 4.88. The second-order valence-electron chi connectivity index (χ2n) is 5.85. The molecule has 1 N–H and O–H groups in total. The van der Waals surface area contributed by atoms with Crippen molar-refractivity contribution in [3.63, 3.8) is 0 Å². The van der Waals surface area contributed by atoms with Crippen LogP contribution in [-0.2, 0) is 13.2 Å². The number of hydrogen-bond acceptors (Lipinski definition) is 3. The fourth-order valence-corrected chi connectivity index (χ4v) is 2.45. The van der Waals surface area contributed by atoms with Crippen LogP contribution < -0.4 is 14.8 Å². The molecule has 0 aliphatic rings. The lowest BCUT2D eigenvalue weighted by Crippen LogP contribution is -2.22. The van der Waals surface area contributed by atoms with E-state index in [1.165, 1.54) is 5.56 Å². The minimum atomic E-state index is 0.397. The van der Waals surface area contributed by atoms with Crippen molar-refractivity contribution in [2.75, 3.05) is 7.11 Å². The molecule has 0 unspecified atom stereocenters. The summed E-state index contributed by atoms with van der Waals surface area (Å²) in [6.07, 6.45) is 0. The standard InChI is InChI=1S/C19H24ClNO2/c1-13(2)21-11-16-9-18(22-4)19(10-17(16)20)23-12-15-8-6-5-7-14(15)3/h5-10,13,21H,11-12H2,1-4H3. The number of ether oxygens (including phenoxy) is 2. The first-order valence-corrected chi connectivity index (χ1v) is 8.16. The van der Waals surface area contributed by atoms with E-state index in [4.69, 9.17) is 21.1 Å². The molecule has 124 valence electrons. The maximum Gasteiger partial charge on any atom is 0.163 e. The van der Waals surface area contributed by atoms with Crippen LogP contribution in [0.1, 0.15) is 30.5 Å². The van der Waals surface area contributed by atoms with Crippen molar-refractivity contribution in [3.05, 3.63) is 58.1 Å². The van der Waals surface area contributed by atoms with Gasteiger partial charge in [-0.2, -0.15) is 0 Å². The normalized spacial score (nSPS) is 10.9. The number of hydrogen-bond donors (Lipinski definition) is 1. The Morgan fingerprint density at radius 3 is 2.48 bits per heavy atom. The monoisotopic (exact) mass is 333 g/mol. The van der Waals surface area contributed by atoms with Gasteiger partial charge in [0.25, 0.3) is 0 Å². The first-order chi connectivity index (χ1) is 11.0. The van der Waals surface area contributed by atoms with Gasteiger partial charge in [0.2, 0.25) is 0 Å². The van der Waals surface area contributed by atoms with Gasteiger partial charge in [0.15, 0.2) is 11.5 Å². The maximum absolute atomic E-state index is 6.38. The topological polar surface area (TPSA) is 30.5 Å². The van der Waals surface area contributed by atoms with Crippen molar-refractivity contribution >= 4 is 11.6 Å². The summed E-state index contributed by atoms with van der Waals surface area (Å²) in [7, 11) is 1.64. The van der Waals surface area contributed by atoms with Gasteiger partial charge in [0, 0.05) is 23.7 Å². The summed E-state index contributed by atoms with van der Waals surface area (Å²) in [5.41, 5.74) is 3.35. The van der Waals surface area contributed by atoms with Crippen LogP contribution in [0.3, 0.4) is 0 Å². The Hall–Kier alpha value is -1.71. The molecule has 0 atom stereocenters. The van der Waals surface area contributed by atoms with E-state index in [1.807, 2.05) is 24.3 Å². The Balaban J connectivity index is 2.15. The third-order valence-corrected chi connectivity index (χ3v) is 4.03. The molecule has 0 saturated carbocycles. The van der Waals surface area contributed by atoms with Crippen LogP contribution in [0.2, 0.25) is 5.02 Å². The average molecular weight is 334 g/mol. The molecule has 2 aromatic rings. The largest absolute Gasteiger partial charge is 0.493 e. The molecule has 4 heteroatoms. The van der Waals surface area contributed by atoms with E-state index >= 15 is 0 Å². The van der Waals surface area contributed by atoms with Crippen LogP contribution in [-0.4, -0.2) is 13.2 Å². The Morgan fingerprint density at radius 1 is 1.09 bits per heavy atom. The molecule has 0 radical (unpaired) electrons. The van der Waals surface area contributed by atoms with Gasteiger partial charge in [-0.25, -0.2) is 0 Å². The number of halogens is 1. The van der Waals surface area contributed by atoms with Gasteiger partial charge in [-0.1, -0.05) is 49.7 Å². The predicted octanol–water partition coefficient (Wildman–Crippen LogP) is 4.73. The predicted molar refractivity (Wildman–Crippen MR) is 95.5 cm³/mol. The molecule has 0 saturated heterocycles. The van der Waals surface area contributed by atoms with Crippen LogP contribution in [0, 0.1) is 6.92 Å². The zero-order valence-electron chi connectivity index (χ0n) is 14.2. The minimum Gasteiger partial charge on any atom is -0.493 e. The molecule has 0 aliphatic heterocycles. The van der Waals surface area contributed by atoms with E-state index in [2.05, 4.69) is 38.2 Å². The lowest BCUT2D eigenvalue weighted by molar-refractivity contribution is 0.283. The Morgan fingerprint density at radius 2 is 1.83 bits per heavy atom. The zero-order valence-corrected chi connectivity index (χ0v) is 14.9. The first-order valence-electron chi connectivity index (χ1n) is 7.78. The van der Waals surface area contributed by atoms with Gasteiger partial charge in [-0.15, -0.1) is 0 Å². The molecule has 0 aromatic heterocycles. The molecule has 2 aromatic carbocycles. The summed E-state index contributed by atoms with van der Waals surface area (Å²) in [4.78, 5) is 0. The summed E-state index contributed by atoms with van der Waals surface area (Å²) < 4.78 is 11.4. The molecule has 0 bridgehead atoms. The quantitative estimate of drug-likeness (QED) is 0.794. The molecular weight excluding hydrogens is 310 g/mol. The Kier molecular flexibility index (Phi) is 6.31. The van der Waals surface area contributed by atoms with E-state index in [1.54, 1.807) is 7.11 Å². The number of benzene rings is 2. The molecule has 0 fully saturated rings. The highest BCUT2D eigenvalue weighted by molar-refractivity contribution is 6.31. The fourth-order valence-electron chi connectivity index (χ4n) is 2.23. The van der Waals surface area contributed by atoms with Gasteiger partial charge < -0.3 is 14.8 Å². The lowest BCUT2D eigenvalue weighted by atomic mass is 10.1. The minimum absolute atomic E-state index is 0.397. The summed E-state index contributed by atoms with van der Waals surface area (Å²) in [6.45, 7) is 7.47. The number of nitrogens with one attached hydrogen (secondary N) is 1. The van der Waals surface area contributed by atoms with Crippen molar-refractivity contribution in [2.24, 2.45) is 0 Å². The van der Waals surface area contributed by atoms with Crippen LogP contribution in [0.4, 0.5) is 0 Å².